The molecule has 0 spiro atoms. The number of nitrogens with zero attached hydrogens (tertiary/aromatic N) is 1. The molecule has 1 saturated heterocycles. The van der Waals surface area contributed by atoms with E-state index in [1.807, 2.05) is 18.2 Å². The molecule has 1 aliphatic heterocycles. The number of pyridine rings is 1. The van der Waals surface area contributed by atoms with Gasteiger partial charge in [0, 0.05) is 11.6 Å². The van der Waals surface area contributed by atoms with Crippen molar-refractivity contribution < 1.29 is 5.11 Å². The molecule has 1 aliphatic rings. The Morgan fingerprint density at radius 3 is 2.64 bits per heavy atom. The second-order valence-electron chi connectivity index (χ2n) is 5.54. The molecule has 0 unspecified atom stereocenters. The number of nitrogens with two attached hydrogens (primary N) is 2. The second kappa shape index (κ2) is 6.11. The lowest BCUT2D eigenvalue weighted by atomic mass is 10.1. The summed E-state index contributed by atoms with van der Waals surface area (Å²) in [5.74, 6) is 0.448. The zero-order chi connectivity index (χ0) is 15.5. The minimum Gasteiger partial charge on any atom is -0.507 e. The third-order valence-electron chi connectivity index (χ3n) is 3.97. The van der Waals surface area contributed by atoms with Crippen molar-refractivity contribution in [2.75, 3.05) is 29.9 Å². The quantitative estimate of drug-likeness (QED) is 0.591. The van der Waals surface area contributed by atoms with Gasteiger partial charge in [-0.05, 0) is 44.1 Å². The van der Waals surface area contributed by atoms with Gasteiger partial charge in [0.05, 0.1) is 17.1 Å². The minimum atomic E-state index is 0.173. The van der Waals surface area contributed by atoms with Gasteiger partial charge in [-0.3, -0.25) is 0 Å². The average molecular weight is 299 g/mol. The van der Waals surface area contributed by atoms with E-state index in [4.69, 9.17) is 11.5 Å². The summed E-state index contributed by atoms with van der Waals surface area (Å²) < 4.78 is 0. The lowest BCUT2D eigenvalue weighted by Gasteiger charge is -2.25. The second-order valence-corrected chi connectivity index (χ2v) is 5.54. The summed E-state index contributed by atoms with van der Waals surface area (Å²) >= 11 is 0. The zero-order valence-electron chi connectivity index (χ0n) is 12.3. The van der Waals surface area contributed by atoms with Crippen molar-refractivity contribution in [3.05, 3.63) is 30.3 Å². The van der Waals surface area contributed by atoms with Crippen molar-refractivity contribution >= 4 is 17.2 Å². The molecule has 0 radical (unpaired) electrons. The van der Waals surface area contributed by atoms with Crippen molar-refractivity contribution in [3.63, 3.8) is 0 Å². The van der Waals surface area contributed by atoms with Gasteiger partial charge >= 0.3 is 0 Å². The predicted molar refractivity (Wildman–Crippen MR) is 89.7 cm³/mol. The van der Waals surface area contributed by atoms with Crippen LogP contribution in [0, 0.1) is 0 Å². The number of anilines is 3. The Labute approximate surface area is 129 Å². The maximum atomic E-state index is 10.00. The number of phenols is 1. The summed E-state index contributed by atoms with van der Waals surface area (Å²) in [7, 11) is 0. The fourth-order valence-electron chi connectivity index (χ4n) is 2.71. The number of benzene rings is 1. The lowest BCUT2D eigenvalue weighted by Crippen LogP contribution is -2.35. The van der Waals surface area contributed by atoms with E-state index >= 15 is 0 Å². The van der Waals surface area contributed by atoms with Crippen LogP contribution in [0.4, 0.5) is 17.2 Å². The van der Waals surface area contributed by atoms with Crippen LogP contribution in [0.5, 0.6) is 5.75 Å². The van der Waals surface area contributed by atoms with Gasteiger partial charge in [-0.2, -0.15) is 0 Å². The molecule has 1 aromatic heterocycles. The van der Waals surface area contributed by atoms with Gasteiger partial charge in [0.25, 0.3) is 0 Å². The Balaban J connectivity index is 1.94. The Morgan fingerprint density at radius 1 is 1.18 bits per heavy atom. The number of hydrogen-bond donors (Lipinski definition) is 5. The molecule has 7 N–H and O–H groups in total. The number of aromatic hydroxyl groups is 1. The van der Waals surface area contributed by atoms with Crippen LogP contribution in [0.25, 0.3) is 11.3 Å². The van der Waals surface area contributed by atoms with E-state index < -0.39 is 0 Å². The van der Waals surface area contributed by atoms with Gasteiger partial charge in [-0.25, -0.2) is 4.98 Å². The van der Waals surface area contributed by atoms with Gasteiger partial charge < -0.3 is 27.2 Å². The highest BCUT2D eigenvalue weighted by atomic mass is 16.3. The van der Waals surface area contributed by atoms with E-state index in [1.54, 1.807) is 12.1 Å². The lowest BCUT2D eigenvalue weighted by molar-refractivity contribution is 0.477. The van der Waals surface area contributed by atoms with E-state index in [0.29, 0.717) is 23.0 Å². The summed E-state index contributed by atoms with van der Waals surface area (Å²) in [6.45, 7) is 1.98. The number of phenolic OH excluding ortho intramolecular Hbond substituents is 1. The number of piperidine rings is 1. The number of para-hydroxylation sites is 1. The molecule has 1 fully saturated rings. The molecule has 0 amide bonds. The molecule has 2 heterocycles. The van der Waals surface area contributed by atoms with Crippen molar-refractivity contribution in [1.29, 1.82) is 0 Å². The smallest absolute Gasteiger partial charge is 0.149 e. The number of hydrogen-bond acceptors (Lipinski definition) is 6. The molecule has 0 atom stereocenters. The van der Waals surface area contributed by atoms with Crippen LogP contribution < -0.4 is 22.1 Å². The van der Waals surface area contributed by atoms with Crippen LogP contribution in [0.15, 0.2) is 30.3 Å². The third kappa shape index (κ3) is 2.92. The van der Waals surface area contributed by atoms with Crippen LogP contribution in [-0.4, -0.2) is 29.2 Å². The molecule has 0 aliphatic carbocycles. The van der Waals surface area contributed by atoms with Crippen LogP contribution in [0.2, 0.25) is 0 Å². The maximum absolute atomic E-state index is 10.00. The SMILES string of the molecule is Nc1nc(-c2ccccc2O)cc(NC2CCNCC2)c1N. The standard InChI is InChI=1S/C16H21N5O/c17-15-13(20-10-5-7-19-8-6-10)9-12(21-16(15)18)11-3-1-2-4-14(11)22/h1-4,9-10,19,22H,5-8,17H2,(H3,18,20,21). The highest BCUT2D eigenvalue weighted by Crippen LogP contribution is 2.34. The topological polar surface area (TPSA) is 109 Å². The molecule has 0 bridgehead atoms. The number of nitrogens with one attached hydrogen (secondary N) is 2. The molecule has 22 heavy (non-hydrogen) atoms. The van der Waals surface area contributed by atoms with Crippen molar-refractivity contribution in [3.8, 4) is 17.0 Å². The molecule has 6 nitrogen and oxygen atoms in total. The van der Waals surface area contributed by atoms with Crippen LogP contribution in [0.1, 0.15) is 12.8 Å². The molecule has 2 aromatic rings. The first kappa shape index (κ1) is 14.5. The fraction of sp³-hybridized carbons (Fsp3) is 0.312. The number of rotatable bonds is 3. The maximum Gasteiger partial charge on any atom is 0.149 e. The summed E-state index contributed by atoms with van der Waals surface area (Å²) in [6.07, 6.45) is 2.07. The highest BCUT2D eigenvalue weighted by Gasteiger charge is 2.17. The Bertz CT molecular complexity index is 668. The van der Waals surface area contributed by atoms with E-state index in [0.717, 1.165) is 31.6 Å². The van der Waals surface area contributed by atoms with E-state index in [-0.39, 0.29) is 11.6 Å². The molecule has 1 aromatic carbocycles. The van der Waals surface area contributed by atoms with Gasteiger partial charge in [0.1, 0.15) is 11.6 Å². The van der Waals surface area contributed by atoms with E-state index in [2.05, 4.69) is 15.6 Å². The molecular formula is C16H21N5O. The van der Waals surface area contributed by atoms with Gasteiger partial charge in [0.2, 0.25) is 0 Å². The fourth-order valence-corrected chi connectivity index (χ4v) is 2.71. The Hall–Kier alpha value is -2.47. The first-order chi connectivity index (χ1) is 10.6. The molecule has 0 saturated carbocycles. The van der Waals surface area contributed by atoms with Crippen molar-refractivity contribution in [1.82, 2.24) is 10.3 Å². The van der Waals surface area contributed by atoms with Crippen molar-refractivity contribution in [2.24, 2.45) is 0 Å². The summed E-state index contributed by atoms with van der Waals surface area (Å²) in [5, 5.41) is 16.8. The van der Waals surface area contributed by atoms with Crippen LogP contribution in [-0.2, 0) is 0 Å². The molecule has 116 valence electrons. The van der Waals surface area contributed by atoms with E-state index in [1.165, 1.54) is 0 Å². The number of nitrogen functional groups attached to an aromatic ring is 2. The van der Waals surface area contributed by atoms with Crippen LogP contribution >= 0.6 is 0 Å². The monoisotopic (exact) mass is 299 g/mol. The average Bonchev–Trinajstić information content (AvgIpc) is 2.53. The summed E-state index contributed by atoms with van der Waals surface area (Å²) in [5.41, 5.74) is 14.5. The zero-order valence-corrected chi connectivity index (χ0v) is 12.3. The van der Waals surface area contributed by atoms with Crippen LogP contribution in [0.3, 0.4) is 0 Å². The third-order valence-corrected chi connectivity index (χ3v) is 3.97. The summed E-state index contributed by atoms with van der Waals surface area (Å²) in [6, 6.07) is 9.27. The Morgan fingerprint density at radius 2 is 1.91 bits per heavy atom. The van der Waals surface area contributed by atoms with Gasteiger partial charge in [0.15, 0.2) is 0 Å². The highest BCUT2D eigenvalue weighted by molar-refractivity contribution is 5.82. The predicted octanol–water partition coefficient (Wildman–Crippen LogP) is 1.78. The molecular weight excluding hydrogens is 278 g/mol. The van der Waals surface area contributed by atoms with Gasteiger partial charge in [-0.15, -0.1) is 0 Å². The normalized spacial score (nSPS) is 15.6. The van der Waals surface area contributed by atoms with Crippen molar-refractivity contribution in [2.45, 2.75) is 18.9 Å². The minimum absolute atomic E-state index is 0.173. The van der Waals surface area contributed by atoms with E-state index in [9.17, 15) is 5.11 Å². The largest absolute Gasteiger partial charge is 0.507 e. The molecule has 6 heteroatoms. The first-order valence-electron chi connectivity index (χ1n) is 7.47. The van der Waals surface area contributed by atoms with Gasteiger partial charge in [-0.1, -0.05) is 12.1 Å². The Kier molecular flexibility index (Phi) is 4.02. The summed E-state index contributed by atoms with van der Waals surface area (Å²) in [4.78, 5) is 4.30. The number of aromatic nitrogens is 1. The first-order valence-corrected chi connectivity index (χ1v) is 7.47. The molecule has 3 rings (SSSR count).